The van der Waals surface area contributed by atoms with E-state index in [0.29, 0.717) is 10.6 Å². The van der Waals surface area contributed by atoms with Crippen molar-refractivity contribution < 1.29 is 4.79 Å². The van der Waals surface area contributed by atoms with Gasteiger partial charge in [0.2, 0.25) is 5.91 Å². The molecule has 0 aromatic rings. The van der Waals surface area contributed by atoms with E-state index in [-0.39, 0.29) is 5.91 Å². The Hall–Kier alpha value is -1.46. The number of nitriles is 2. The highest BCUT2D eigenvalue weighted by Gasteiger charge is 2.52. The van der Waals surface area contributed by atoms with Crippen molar-refractivity contribution in [1.82, 2.24) is 5.32 Å². The van der Waals surface area contributed by atoms with E-state index in [0.717, 1.165) is 31.4 Å². The lowest BCUT2D eigenvalue weighted by Crippen LogP contribution is -2.46. The lowest BCUT2D eigenvalue weighted by atomic mass is 9.67. The van der Waals surface area contributed by atoms with Crippen LogP contribution in [0.5, 0.6) is 0 Å². The van der Waals surface area contributed by atoms with Gasteiger partial charge in [0, 0.05) is 5.41 Å². The SMILES string of the molecule is CCSC1=C(C#N)C2(CCCC2)[C@H](C#N)C(=O)N1. The molecular weight excluding hydrogens is 246 g/mol. The minimum Gasteiger partial charge on any atom is -0.319 e. The van der Waals surface area contributed by atoms with Crippen LogP contribution in [0.2, 0.25) is 0 Å². The number of carbonyl (C=O) groups is 1. The third-order valence-electron chi connectivity index (χ3n) is 3.80. The molecule has 18 heavy (non-hydrogen) atoms. The Morgan fingerprint density at radius 2 is 2.11 bits per heavy atom. The van der Waals surface area contributed by atoms with E-state index in [1.54, 1.807) is 0 Å². The van der Waals surface area contributed by atoms with Gasteiger partial charge in [0.1, 0.15) is 5.92 Å². The summed E-state index contributed by atoms with van der Waals surface area (Å²) >= 11 is 1.48. The number of hydrogen-bond acceptors (Lipinski definition) is 4. The number of thioether (sulfide) groups is 1. The Labute approximate surface area is 111 Å². The third kappa shape index (κ3) is 1.79. The van der Waals surface area contributed by atoms with Crippen LogP contribution < -0.4 is 5.32 Å². The smallest absolute Gasteiger partial charge is 0.243 e. The maximum absolute atomic E-state index is 12.0. The number of hydrogen-bond donors (Lipinski definition) is 1. The Morgan fingerprint density at radius 3 is 2.61 bits per heavy atom. The van der Waals surface area contributed by atoms with Crippen molar-refractivity contribution in [3.05, 3.63) is 10.6 Å². The molecule has 1 saturated carbocycles. The first kappa shape index (κ1) is 13.0. The molecule has 1 amide bonds. The molecule has 5 heteroatoms. The van der Waals surface area contributed by atoms with Gasteiger partial charge in [0.15, 0.2) is 0 Å². The average Bonchev–Trinajstić information content (AvgIpc) is 2.80. The van der Waals surface area contributed by atoms with Crippen LogP contribution in [-0.2, 0) is 4.79 Å². The molecule has 1 heterocycles. The first-order valence-electron chi connectivity index (χ1n) is 6.17. The predicted octanol–water partition coefficient (Wildman–Crippen LogP) is 2.30. The lowest BCUT2D eigenvalue weighted by molar-refractivity contribution is -0.126. The molecule has 0 radical (unpaired) electrons. The molecule has 1 atom stereocenters. The highest BCUT2D eigenvalue weighted by Crippen LogP contribution is 2.53. The van der Waals surface area contributed by atoms with E-state index in [4.69, 9.17) is 0 Å². The van der Waals surface area contributed by atoms with Gasteiger partial charge in [-0.1, -0.05) is 19.8 Å². The molecule has 1 N–H and O–H groups in total. The summed E-state index contributed by atoms with van der Waals surface area (Å²) in [5, 5.41) is 22.1. The summed E-state index contributed by atoms with van der Waals surface area (Å²) in [7, 11) is 0. The van der Waals surface area contributed by atoms with E-state index in [1.807, 2.05) is 6.92 Å². The van der Waals surface area contributed by atoms with Crippen molar-refractivity contribution in [1.29, 1.82) is 10.5 Å². The lowest BCUT2D eigenvalue weighted by Gasteiger charge is -2.37. The second-order valence-electron chi connectivity index (χ2n) is 4.66. The minimum absolute atomic E-state index is 0.241. The first-order valence-corrected chi connectivity index (χ1v) is 7.16. The molecule has 94 valence electrons. The number of nitrogens with zero attached hydrogens (tertiary/aromatic N) is 2. The molecule has 1 aliphatic heterocycles. The topological polar surface area (TPSA) is 76.7 Å². The van der Waals surface area contributed by atoms with Crippen molar-refractivity contribution in [3.8, 4) is 12.1 Å². The van der Waals surface area contributed by atoms with Crippen LogP contribution in [0.15, 0.2) is 10.6 Å². The van der Waals surface area contributed by atoms with E-state index in [9.17, 15) is 15.3 Å². The minimum atomic E-state index is -0.712. The summed E-state index contributed by atoms with van der Waals surface area (Å²) < 4.78 is 0. The molecule has 0 aromatic heterocycles. The Bertz CT molecular complexity index is 477. The summed E-state index contributed by atoms with van der Waals surface area (Å²) in [4.78, 5) is 12.0. The zero-order chi connectivity index (χ0) is 13.2. The summed E-state index contributed by atoms with van der Waals surface area (Å²) in [5.74, 6) is -0.154. The molecule has 2 aliphatic rings. The fourth-order valence-electron chi connectivity index (χ4n) is 3.01. The number of allylic oxidation sites excluding steroid dienone is 1. The van der Waals surface area contributed by atoms with Crippen molar-refractivity contribution in [3.63, 3.8) is 0 Å². The Balaban J connectivity index is 2.54. The van der Waals surface area contributed by atoms with E-state index in [1.165, 1.54) is 11.8 Å². The van der Waals surface area contributed by atoms with E-state index < -0.39 is 11.3 Å². The summed E-state index contributed by atoms with van der Waals surface area (Å²) in [6, 6.07) is 4.36. The number of rotatable bonds is 2. The third-order valence-corrected chi connectivity index (χ3v) is 4.69. The zero-order valence-corrected chi connectivity index (χ0v) is 11.1. The van der Waals surface area contributed by atoms with Gasteiger partial charge in [-0.3, -0.25) is 4.79 Å². The molecule has 1 fully saturated rings. The van der Waals surface area contributed by atoms with Crippen molar-refractivity contribution in [2.75, 3.05) is 5.75 Å². The van der Waals surface area contributed by atoms with Crippen LogP contribution in [-0.4, -0.2) is 11.7 Å². The van der Waals surface area contributed by atoms with Gasteiger partial charge in [0.05, 0.1) is 22.7 Å². The van der Waals surface area contributed by atoms with Gasteiger partial charge in [-0.2, -0.15) is 10.5 Å². The van der Waals surface area contributed by atoms with Crippen molar-refractivity contribution in [2.45, 2.75) is 32.6 Å². The number of amides is 1. The highest BCUT2D eigenvalue weighted by molar-refractivity contribution is 8.03. The quantitative estimate of drug-likeness (QED) is 0.827. The van der Waals surface area contributed by atoms with Gasteiger partial charge in [0.25, 0.3) is 0 Å². The molecule has 0 aromatic carbocycles. The van der Waals surface area contributed by atoms with Gasteiger partial charge in [-0.25, -0.2) is 0 Å². The van der Waals surface area contributed by atoms with Gasteiger partial charge >= 0.3 is 0 Å². The molecule has 4 nitrogen and oxygen atoms in total. The van der Waals surface area contributed by atoms with Crippen LogP contribution in [0, 0.1) is 34.0 Å². The maximum Gasteiger partial charge on any atom is 0.243 e. The van der Waals surface area contributed by atoms with E-state index >= 15 is 0 Å². The summed E-state index contributed by atoms with van der Waals surface area (Å²) in [6.45, 7) is 1.98. The van der Waals surface area contributed by atoms with Crippen LogP contribution in [0.1, 0.15) is 32.6 Å². The van der Waals surface area contributed by atoms with Crippen LogP contribution in [0.25, 0.3) is 0 Å². The van der Waals surface area contributed by atoms with Crippen molar-refractivity contribution >= 4 is 17.7 Å². The van der Waals surface area contributed by atoms with Gasteiger partial charge in [-0.05, 0) is 18.6 Å². The normalized spacial score (nSPS) is 25.7. The molecule has 0 unspecified atom stereocenters. The maximum atomic E-state index is 12.0. The fraction of sp³-hybridized carbons (Fsp3) is 0.615. The second-order valence-corrected chi connectivity index (χ2v) is 5.94. The highest BCUT2D eigenvalue weighted by atomic mass is 32.2. The van der Waals surface area contributed by atoms with Gasteiger partial charge < -0.3 is 5.32 Å². The molecule has 1 aliphatic carbocycles. The van der Waals surface area contributed by atoms with Crippen molar-refractivity contribution in [2.24, 2.45) is 11.3 Å². The second kappa shape index (κ2) is 5.04. The standard InChI is InChI=1S/C13H15N3OS/c1-2-18-12-10(8-15)13(5-3-4-6-13)9(7-14)11(17)16-12/h9H,2-6H2,1H3,(H,16,17)/t9-/m1/s1. The number of carbonyl (C=O) groups excluding carboxylic acids is 1. The summed E-state index contributed by atoms with van der Waals surface area (Å²) in [6.07, 6.45) is 3.52. The first-order chi connectivity index (χ1) is 8.69. The molecule has 1 spiro atoms. The molecule has 2 rings (SSSR count). The van der Waals surface area contributed by atoms with Gasteiger partial charge in [-0.15, -0.1) is 11.8 Å². The Morgan fingerprint density at radius 1 is 1.44 bits per heavy atom. The van der Waals surface area contributed by atoms with Crippen LogP contribution >= 0.6 is 11.8 Å². The van der Waals surface area contributed by atoms with Crippen LogP contribution in [0.3, 0.4) is 0 Å². The molecule has 0 saturated heterocycles. The summed E-state index contributed by atoms with van der Waals surface area (Å²) in [5.41, 5.74) is 0.0987. The Kier molecular flexibility index (Phi) is 3.63. The average molecular weight is 261 g/mol. The largest absolute Gasteiger partial charge is 0.319 e. The fourth-order valence-corrected chi connectivity index (χ4v) is 3.86. The zero-order valence-electron chi connectivity index (χ0n) is 10.3. The van der Waals surface area contributed by atoms with Crippen LogP contribution in [0.4, 0.5) is 0 Å². The molecular formula is C13H15N3OS. The number of nitrogens with one attached hydrogen (secondary N) is 1. The predicted molar refractivity (Wildman–Crippen MR) is 68.9 cm³/mol. The molecule has 0 bridgehead atoms. The van der Waals surface area contributed by atoms with E-state index in [2.05, 4.69) is 17.5 Å². The monoisotopic (exact) mass is 261 g/mol.